The molecule has 0 radical (unpaired) electrons. The Morgan fingerprint density at radius 3 is 2.46 bits per heavy atom. The van der Waals surface area contributed by atoms with Gasteiger partial charge in [-0.15, -0.1) is 0 Å². The first-order valence-corrected chi connectivity index (χ1v) is 9.16. The number of carbonyl (C=O) groups is 2. The summed E-state index contributed by atoms with van der Waals surface area (Å²) in [5.41, 5.74) is 1.08. The lowest BCUT2D eigenvalue weighted by molar-refractivity contribution is 0.0600. The molecule has 0 bridgehead atoms. The Balaban J connectivity index is 2.31. The minimum atomic E-state index is -4.21. The second kappa shape index (κ2) is 7.71. The number of benzene rings is 1. The van der Waals surface area contributed by atoms with E-state index in [2.05, 4.69) is 15.0 Å². The van der Waals surface area contributed by atoms with Crippen molar-refractivity contribution in [3.05, 3.63) is 52.2 Å². The fraction of sp³-hybridized carbons (Fsp3) is 0.188. The summed E-state index contributed by atoms with van der Waals surface area (Å²) < 4.78 is 31.1. The number of aryl methyl sites for hydroxylation is 2. The molecule has 1 aromatic heterocycles. The zero-order chi connectivity index (χ0) is 19.5. The third-order valence-electron chi connectivity index (χ3n) is 3.32. The molecule has 2 N–H and O–H groups in total. The predicted octanol–water partition coefficient (Wildman–Crippen LogP) is 2.65. The molecule has 1 heterocycles. The first-order chi connectivity index (χ1) is 12.2. The summed E-state index contributed by atoms with van der Waals surface area (Å²) in [5.74, 6) is -0.819. The van der Waals surface area contributed by atoms with Crippen LogP contribution in [0.4, 0.5) is 10.6 Å². The van der Waals surface area contributed by atoms with E-state index in [1.807, 2.05) is 4.72 Å². The van der Waals surface area contributed by atoms with Crippen molar-refractivity contribution in [1.82, 2.24) is 9.71 Å². The lowest BCUT2D eigenvalue weighted by Gasteiger charge is -2.13. The fourth-order valence-electron chi connectivity index (χ4n) is 2.26. The van der Waals surface area contributed by atoms with Gasteiger partial charge in [-0.2, -0.15) is 0 Å². The number of esters is 1. The number of halogens is 1. The van der Waals surface area contributed by atoms with Crippen LogP contribution in [0.1, 0.15) is 21.6 Å². The molecule has 0 fully saturated rings. The van der Waals surface area contributed by atoms with Gasteiger partial charge in [0.15, 0.2) is 0 Å². The lowest BCUT2D eigenvalue weighted by atomic mass is 10.1. The second-order valence-electron chi connectivity index (χ2n) is 5.29. The number of amides is 2. The lowest BCUT2D eigenvalue weighted by Crippen LogP contribution is -2.35. The Morgan fingerprint density at radius 2 is 1.85 bits per heavy atom. The van der Waals surface area contributed by atoms with Crippen molar-refractivity contribution in [1.29, 1.82) is 0 Å². The zero-order valence-electron chi connectivity index (χ0n) is 14.2. The van der Waals surface area contributed by atoms with Crippen molar-refractivity contribution < 1.29 is 22.7 Å². The van der Waals surface area contributed by atoms with Crippen LogP contribution in [0.15, 0.2) is 35.2 Å². The van der Waals surface area contributed by atoms with E-state index in [0.717, 1.165) is 0 Å². The minimum absolute atomic E-state index is 0.0309. The van der Waals surface area contributed by atoms with E-state index in [0.29, 0.717) is 11.3 Å². The van der Waals surface area contributed by atoms with Crippen molar-refractivity contribution in [3.63, 3.8) is 0 Å². The van der Waals surface area contributed by atoms with Gasteiger partial charge >= 0.3 is 12.0 Å². The largest absolute Gasteiger partial charge is 0.465 e. The van der Waals surface area contributed by atoms with Gasteiger partial charge in [-0.1, -0.05) is 23.7 Å². The average molecular weight is 398 g/mol. The molecule has 0 spiro atoms. The summed E-state index contributed by atoms with van der Waals surface area (Å²) >= 11 is 5.86. The van der Waals surface area contributed by atoms with Gasteiger partial charge in [0.1, 0.15) is 16.3 Å². The monoisotopic (exact) mass is 397 g/mol. The SMILES string of the molecule is COC(=O)c1c(C)cc(C)nc1NC(=O)NS(=O)(=O)c1ccccc1Cl. The summed E-state index contributed by atoms with van der Waals surface area (Å²) in [6, 6.07) is 6.22. The number of rotatable bonds is 4. The number of pyridine rings is 1. The third kappa shape index (κ3) is 4.30. The van der Waals surface area contributed by atoms with Crippen molar-refractivity contribution in [3.8, 4) is 0 Å². The predicted molar refractivity (Wildman–Crippen MR) is 95.8 cm³/mol. The van der Waals surface area contributed by atoms with Gasteiger partial charge in [0.25, 0.3) is 10.0 Å². The Morgan fingerprint density at radius 1 is 1.19 bits per heavy atom. The number of sulfonamides is 1. The summed E-state index contributed by atoms with van der Waals surface area (Å²) in [7, 11) is -3.02. The number of nitrogens with zero attached hydrogens (tertiary/aromatic N) is 1. The Kier molecular flexibility index (Phi) is 5.83. The number of hydrogen-bond donors (Lipinski definition) is 2. The summed E-state index contributed by atoms with van der Waals surface area (Å²) in [6.45, 7) is 3.31. The van der Waals surface area contributed by atoms with Gasteiger partial charge in [0, 0.05) is 5.69 Å². The maximum absolute atomic E-state index is 12.3. The number of nitrogens with one attached hydrogen (secondary N) is 2. The van der Waals surface area contributed by atoms with Crippen LogP contribution in [0.5, 0.6) is 0 Å². The highest BCUT2D eigenvalue weighted by Crippen LogP contribution is 2.22. The number of methoxy groups -OCH3 is 1. The molecule has 0 aliphatic carbocycles. The van der Waals surface area contributed by atoms with Gasteiger partial charge in [0.05, 0.1) is 12.1 Å². The van der Waals surface area contributed by atoms with Crippen LogP contribution in [-0.4, -0.2) is 32.5 Å². The highest BCUT2D eigenvalue weighted by Gasteiger charge is 2.23. The molecule has 0 aliphatic rings. The van der Waals surface area contributed by atoms with Crippen LogP contribution in [0.25, 0.3) is 0 Å². The van der Waals surface area contributed by atoms with E-state index >= 15 is 0 Å². The molecule has 1 aromatic carbocycles. The normalized spacial score (nSPS) is 10.9. The molecule has 0 atom stereocenters. The smallest absolute Gasteiger partial charge is 0.341 e. The van der Waals surface area contributed by atoms with Crippen molar-refractivity contribution in [2.45, 2.75) is 18.7 Å². The molecule has 0 saturated carbocycles. The second-order valence-corrected chi connectivity index (χ2v) is 7.34. The van der Waals surface area contributed by atoms with E-state index in [9.17, 15) is 18.0 Å². The zero-order valence-corrected chi connectivity index (χ0v) is 15.7. The van der Waals surface area contributed by atoms with Crippen LogP contribution in [0.2, 0.25) is 5.02 Å². The van der Waals surface area contributed by atoms with Crippen LogP contribution in [0.3, 0.4) is 0 Å². The number of anilines is 1. The molecule has 0 unspecified atom stereocenters. The number of urea groups is 1. The minimum Gasteiger partial charge on any atom is -0.465 e. The molecule has 26 heavy (non-hydrogen) atoms. The van der Waals surface area contributed by atoms with Crippen LogP contribution >= 0.6 is 11.6 Å². The Labute approximate surface area is 155 Å². The number of aromatic nitrogens is 1. The summed E-state index contributed by atoms with van der Waals surface area (Å²) in [4.78, 5) is 27.9. The Hall–Kier alpha value is -2.65. The van der Waals surface area contributed by atoms with Crippen LogP contribution in [-0.2, 0) is 14.8 Å². The van der Waals surface area contributed by atoms with E-state index < -0.39 is 22.0 Å². The van der Waals surface area contributed by atoms with E-state index in [-0.39, 0.29) is 21.3 Å². The van der Waals surface area contributed by atoms with Crippen molar-refractivity contribution in [2.75, 3.05) is 12.4 Å². The van der Waals surface area contributed by atoms with Crippen molar-refractivity contribution >= 4 is 39.4 Å². The van der Waals surface area contributed by atoms with Gasteiger partial charge < -0.3 is 4.74 Å². The molecule has 2 aromatic rings. The first-order valence-electron chi connectivity index (χ1n) is 7.30. The van der Waals surface area contributed by atoms with Gasteiger partial charge in [0.2, 0.25) is 0 Å². The average Bonchev–Trinajstić information content (AvgIpc) is 2.53. The van der Waals surface area contributed by atoms with Crippen LogP contribution < -0.4 is 10.0 Å². The number of hydrogen-bond acceptors (Lipinski definition) is 6. The summed E-state index contributed by atoms with van der Waals surface area (Å²) in [6.07, 6.45) is 0. The highest BCUT2D eigenvalue weighted by molar-refractivity contribution is 7.90. The molecule has 2 rings (SSSR count). The van der Waals surface area contributed by atoms with Gasteiger partial charge in [-0.05, 0) is 37.6 Å². The summed E-state index contributed by atoms with van der Waals surface area (Å²) in [5, 5.41) is 2.23. The number of ether oxygens (including phenoxy) is 1. The third-order valence-corrected chi connectivity index (χ3v) is 5.15. The molecule has 2 amide bonds. The first kappa shape index (κ1) is 19.7. The molecule has 0 saturated heterocycles. The maximum Gasteiger partial charge on any atom is 0.341 e. The fourth-order valence-corrected chi connectivity index (χ4v) is 3.69. The quantitative estimate of drug-likeness (QED) is 0.766. The van der Waals surface area contributed by atoms with Gasteiger partial charge in [-0.3, -0.25) is 5.32 Å². The van der Waals surface area contributed by atoms with Crippen LogP contribution in [0, 0.1) is 13.8 Å². The van der Waals surface area contributed by atoms with Crippen molar-refractivity contribution in [2.24, 2.45) is 0 Å². The number of carbonyl (C=O) groups excluding carboxylic acids is 2. The highest BCUT2D eigenvalue weighted by atomic mass is 35.5. The molecular weight excluding hydrogens is 382 g/mol. The molecular formula is C16H16ClN3O5S. The van der Waals surface area contributed by atoms with E-state index in [1.165, 1.54) is 25.3 Å². The van der Waals surface area contributed by atoms with E-state index in [4.69, 9.17) is 11.6 Å². The standard InChI is InChI=1S/C16H16ClN3O5S/c1-9-8-10(2)18-14(13(9)15(21)25-3)19-16(22)20-26(23,24)12-7-5-4-6-11(12)17/h4-8H,1-3H3,(H2,18,19,20,22). The van der Waals surface area contributed by atoms with Gasteiger partial charge in [-0.25, -0.2) is 27.7 Å². The molecule has 138 valence electrons. The Bertz CT molecular complexity index is 976. The molecule has 10 heteroatoms. The van der Waals surface area contributed by atoms with E-state index in [1.54, 1.807) is 26.0 Å². The maximum atomic E-state index is 12.3. The molecule has 0 aliphatic heterocycles. The topological polar surface area (TPSA) is 114 Å². The molecule has 8 nitrogen and oxygen atoms in total.